The van der Waals surface area contributed by atoms with Crippen LogP contribution in [0.25, 0.3) is 0 Å². The van der Waals surface area contributed by atoms with Crippen molar-refractivity contribution in [1.29, 1.82) is 5.26 Å². The lowest BCUT2D eigenvalue weighted by atomic mass is 9.97. The van der Waals surface area contributed by atoms with Crippen molar-refractivity contribution < 1.29 is 4.79 Å². The maximum atomic E-state index is 12.2. The Balaban J connectivity index is 1.68. The molecule has 3 N–H and O–H groups in total. The first kappa shape index (κ1) is 17.2. The number of rotatable bonds is 4. The predicted octanol–water partition coefficient (Wildman–Crippen LogP) is 3.44. The second-order valence-corrected chi connectivity index (χ2v) is 8.81. The maximum absolute atomic E-state index is 12.2. The number of nitriles is 1. The Hall–Kier alpha value is -1.63. The first-order valence-electron chi connectivity index (χ1n) is 7.73. The average molecular weight is 380 g/mol. The number of aromatic nitrogens is 2. The molecule has 0 aromatic carbocycles. The van der Waals surface area contributed by atoms with E-state index in [2.05, 4.69) is 21.6 Å². The van der Waals surface area contributed by atoms with E-state index in [0.29, 0.717) is 20.0 Å². The van der Waals surface area contributed by atoms with Gasteiger partial charge in [-0.05, 0) is 31.2 Å². The molecule has 0 saturated carbocycles. The van der Waals surface area contributed by atoms with Crippen LogP contribution in [0.5, 0.6) is 0 Å². The Morgan fingerprint density at radius 2 is 2.04 bits per heavy atom. The number of hydrogen-bond donors (Lipinski definition) is 2. The highest BCUT2D eigenvalue weighted by Gasteiger charge is 2.20. The van der Waals surface area contributed by atoms with E-state index in [-0.39, 0.29) is 11.7 Å². The van der Waals surface area contributed by atoms with Crippen LogP contribution in [-0.4, -0.2) is 21.9 Å². The number of nitrogen functional groups attached to an aromatic ring is 1. The molecule has 1 aliphatic carbocycles. The van der Waals surface area contributed by atoms with Crippen LogP contribution < -0.4 is 11.1 Å². The third kappa shape index (κ3) is 4.06. The molecule has 0 fully saturated rings. The van der Waals surface area contributed by atoms with Gasteiger partial charge in [0.05, 0.1) is 11.3 Å². The number of thioether (sulfide) groups is 1. The third-order valence-corrected chi connectivity index (χ3v) is 6.88. The van der Waals surface area contributed by atoms with Gasteiger partial charge in [0.15, 0.2) is 4.34 Å². The van der Waals surface area contributed by atoms with Gasteiger partial charge in [-0.15, -0.1) is 21.5 Å². The number of thiophene rings is 1. The number of aryl methyl sites for hydroxylation is 1. The highest BCUT2D eigenvalue weighted by atomic mass is 32.2. The number of carbonyl (C=O) groups excluding carboxylic acids is 1. The largest absolute Gasteiger partial charge is 0.374 e. The van der Waals surface area contributed by atoms with Crippen LogP contribution in [-0.2, 0) is 17.6 Å². The smallest absolute Gasteiger partial charge is 0.235 e. The lowest BCUT2D eigenvalue weighted by Crippen LogP contribution is -2.13. The van der Waals surface area contributed by atoms with Gasteiger partial charge in [0, 0.05) is 4.88 Å². The Labute approximate surface area is 152 Å². The number of nitrogens with one attached hydrogen (secondary N) is 1. The van der Waals surface area contributed by atoms with Crippen LogP contribution in [0, 0.1) is 11.3 Å². The SMILES string of the molecule is N#Cc1c(NC(=O)CSc2nnc(N)s2)sc2c1CCCCCC2. The summed E-state index contributed by atoms with van der Waals surface area (Å²) in [4.78, 5) is 13.5. The fraction of sp³-hybridized carbons (Fsp3) is 0.467. The standard InChI is InChI=1S/C15H17N5OS3/c16-7-10-9-5-3-1-2-4-6-11(9)23-13(10)18-12(21)8-22-15-20-19-14(17)24-15/h1-6,8H2,(H2,17,19)(H,18,21). The molecule has 1 aliphatic rings. The van der Waals surface area contributed by atoms with Crippen LogP contribution in [0.1, 0.15) is 41.7 Å². The predicted molar refractivity (Wildman–Crippen MR) is 98.6 cm³/mol. The fourth-order valence-corrected chi connectivity index (χ4v) is 5.39. The molecule has 2 aromatic rings. The molecule has 0 saturated heterocycles. The summed E-state index contributed by atoms with van der Waals surface area (Å²) in [5.74, 6) is 0.0849. The Morgan fingerprint density at radius 1 is 1.25 bits per heavy atom. The van der Waals surface area contributed by atoms with Crippen LogP contribution in [0.15, 0.2) is 4.34 Å². The molecule has 0 spiro atoms. The topological polar surface area (TPSA) is 105 Å². The minimum atomic E-state index is -0.139. The summed E-state index contributed by atoms with van der Waals surface area (Å²) in [6.45, 7) is 0. The molecule has 0 atom stereocenters. The van der Waals surface area contributed by atoms with Crippen LogP contribution >= 0.6 is 34.4 Å². The number of nitrogens with two attached hydrogens (primary N) is 1. The van der Waals surface area contributed by atoms with E-state index in [4.69, 9.17) is 5.73 Å². The number of anilines is 2. The van der Waals surface area contributed by atoms with Crippen LogP contribution in [0.4, 0.5) is 10.1 Å². The minimum Gasteiger partial charge on any atom is -0.374 e. The van der Waals surface area contributed by atoms with E-state index in [1.807, 2.05) is 0 Å². The molecular formula is C15H17N5OS3. The van der Waals surface area contributed by atoms with Crippen molar-refractivity contribution in [2.45, 2.75) is 42.9 Å². The van der Waals surface area contributed by atoms with Crippen LogP contribution in [0.3, 0.4) is 0 Å². The van der Waals surface area contributed by atoms with Gasteiger partial charge in [0.2, 0.25) is 11.0 Å². The number of carbonyl (C=O) groups is 1. The van der Waals surface area contributed by atoms with Crippen molar-refractivity contribution in [2.75, 3.05) is 16.8 Å². The Morgan fingerprint density at radius 3 is 2.75 bits per heavy atom. The molecule has 0 bridgehead atoms. The quantitative estimate of drug-likeness (QED) is 0.789. The zero-order valence-corrected chi connectivity index (χ0v) is 15.5. The molecule has 6 nitrogen and oxygen atoms in total. The number of nitrogens with zero attached hydrogens (tertiary/aromatic N) is 3. The molecule has 9 heteroatoms. The first-order valence-corrected chi connectivity index (χ1v) is 10.4. The van der Waals surface area contributed by atoms with Gasteiger partial charge >= 0.3 is 0 Å². The van der Waals surface area contributed by atoms with E-state index in [1.165, 1.54) is 40.8 Å². The molecule has 126 valence electrons. The van der Waals surface area contributed by atoms with E-state index in [0.717, 1.165) is 31.2 Å². The van der Waals surface area contributed by atoms with Gasteiger partial charge in [-0.1, -0.05) is 35.9 Å². The van der Waals surface area contributed by atoms with Gasteiger partial charge in [-0.2, -0.15) is 5.26 Å². The molecular weight excluding hydrogens is 362 g/mol. The van der Waals surface area contributed by atoms with E-state index < -0.39 is 0 Å². The van der Waals surface area contributed by atoms with E-state index >= 15 is 0 Å². The second-order valence-electron chi connectivity index (χ2n) is 5.48. The normalized spacial score (nSPS) is 14.3. The zero-order valence-electron chi connectivity index (χ0n) is 13.0. The zero-order chi connectivity index (χ0) is 16.9. The maximum Gasteiger partial charge on any atom is 0.235 e. The van der Waals surface area contributed by atoms with Crippen LogP contribution in [0.2, 0.25) is 0 Å². The summed E-state index contributed by atoms with van der Waals surface area (Å²) in [6, 6.07) is 2.29. The number of amides is 1. The molecule has 0 unspecified atom stereocenters. The van der Waals surface area contributed by atoms with E-state index in [1.54, 1.807) is 11.3 Å². The molecule has 2 heterocycles. The molecule has 3 rings (SSSR count). The van der Waals surface area contributed by atoms with E-state index in [9.17, 15) is 10.1 Å². The van der Waals surface area contributed by atoms with Crippen molar-refractivity contribution in [2.24, 2.45) is 0 Å². The monoisotopic (exact) mass is 379 g/mol. The molecule has 24 heavy (non-hydrogen) atoms. The lowest BCUT2D eigenvalue weighted by molar-refractivity contribution is -0.113. The van der Waals surface area contributed by atoms with Crippen molar-refractivity contribution in [3.05, 3.63) is 16.0 Å². The summed E-state index contributed by atoms with van der Waals surface area (Å²) in [6.07, 6.45) is 6.65. The second kappa shape index (κ2) is 7.96. The minimum absolute atomic E-state index is 0.139. The molecule has 2 aromatic heterocycles. The summed E-state index contributed by atoms with van der Waals surface area (Å²) in [5.41, 5.74) is 7.31. The Kier molecular flexibility index (Phi) is 5.71. The first-order chi connectivity index (χ1) is 11.7. The van der Waals surface area contributed by atoms with Crippen molar-refractivity contribution >= 4 is 50.5 Å². The van der Waals surface area contributed by atoms with Gasteiger partial charge in [-0.25, -0.2) is 0 Å². The molecule has 1 amide bonds. The highest BCUT2D eigenvalue weighted by molar-refractivity contribution is 8.01. The summed E-state index contributed by atoms with van der Waals surface area (Å²) >= 11 is 4.11. The van der Waals surface area contributed by atoms with Gasteiger partial charge in [0.25, 0.3) is 0 Å². The summed E-state index contributed by atoms with van der Waals surface area (Å²) < 4.78 is 0.668. The van der Waals surface area contributed by atoms with Crippen molar-refractivity contribution in [3.8, 4) is 6.07 Å². The summed E-state index contributed by atoms with van der Waals surface area (Å²) in [7, 11) is 0. The van der Waals surface area contributed by atoms with Gasteiger partial charge in [-0.3, -0.25) is 4.79 Å². The Bertz CT molecular complexity index is 777. The fourth-order valence-electron chi connectivity index (χ4n) is 2.69. The average Bonchev–Trinajstić information content (AvgIpc) is 3.09. The highest BCUT2D eigenvalue weighted by Crippen LogP contribution is 2.36. The summed E-state index contributed by atoms with van der Waals surface area (Å²) in [5, 5.41) is 21.1. The molecule has 0 radical (unpaired) electrons. The molecule has 0 aliphatic heterocycles. The number of fused-ring (bicyclic) bond motifs is 1. The van der Waals surface area contributed by atoms with Gasteiger partial charge < -0.3 is 11.1 Å². The lowest BCUT2D eigenvalue weighted by Gasteiger charge is -2.08. The number of hydrogen-bond acceptors (Lipinski definition) is 8. The van der Waals surface area contributed by atoms with Gasteiger partial charge in [0.1, 0.15) is 11.1 Å². The van der Waals surface area contributed by atoms with Crippen molar-refractivity contribution in [3.63, 3.8) is 0 Å². The van der Waals surface area contributed by atoms with Crippen molar-refractivity contribution in [1.82, 2.24) is 10.2 Å². The third-order valence-electron chi connectivity index (χ3n) is 3.78.